The number of carboxylic acid groups (broad SMARTS) is 1. The van der Waals surface area contributed by atoms with Crippen molar-refractivity contribution in [1.29, 1.82) is 0 Å². The standard InChI is InChI=1S/C13H11N3O3/c17-10(8-9-4-2-1-3-5-9)16-12-11(13(18)19)14-6-7-15-12/h1-7H,8H2,(H,18,19)(H,15,16,17). The molecule has 0 aliphatic heterocycles. The average molecular weight is 257 g/mol. The van der Waals surface area contributed by atoms with Gasteiger partial charge in [0, 0.05) is 12.4 Å². The molecule has 0 atom stereocenters. The van der Waals surface area contributed by atoms with E-state index in [4.69, 9.17) is 5.11 Å². The van der Waals surface area contributed by atoms with Crippen molar-refractivity contribution in [3.8, 4) is 0 Å². The number of nitrogens with zero attached hydrogens (tertiary/aromatic N) is 2. The van der Waals surface area contributed by atoms with Gasteiger partial charge in [-0.3, -0.25) is 4.79 Å². The topological polar surface area (TPSA) is 92.2 Å². The van der Waals surface area contributed by atoms with E-state index >= 15 is 0 Å². The van der Waals surface area contributed by atoms with E-state index in [2.05, 4.69) is 15.3 Å². The van der Waals surface area contributed by atoms with Crippen molar-refractivity contribution in [2.24, 2.45) is 0 Å². The highest BCUT2D eigenvalue weighted by Gasteiger charge is 2.14. The van der Waals surface area contributed by atoms with Gasteiger partial charge < -0.3 is 10.4 Å². The van der Waals surface area contributed by atoms with Gasteiger partial charge >= 0.3 is 5.97 Å². The number of hydrogen-bond acceptors (Lipinski definition) is 4. The van der Waals surface area contributed by atoms with Gasteiger partial charge in [0.25, 0.3) is 0 Å². The van der Waals surface area contributed by atoms with Crippen LogP contribution in [0.3, 0.4) is 0 Å². The number of nitrogens with one attached hydrogen (secondary N) is 1. The number of carbonyl (C=O) groups excluding carboxylic acids is 1. The van der Waals surface area contributed by atoms with Gasteiger partial charge in [0.15, 0.2) is 11.5 Å². The average Bonchev–Trinajstić information content (AvgIpc) is 2.40. The maximum Gasteiger partial charge on any atom is 0.358 e. The molecule has 2 rings (SSSR count). The van der Waals surface area contributed by atoms with E-state index in [1.54, 1.807) is 0 Å². The molecule has 0 bridgehead atoms. The number of anilines is 1. The first kappa shape index (κ1) is 12.7. The van der Waals surface area contributed by atoms with Gasteiger partial charge in [0.1, 0.15) is 0 Å². The van der Waals surface area contributed by atoms with Gasteiger partial charge in [-0.2, -0.15) is 0 Å². The van der Waals surface area contributed by atoms with Crippen molar-refractivity contribution in [3.63, 3.8) is 0 Å². The minimum Gasteiger partial charge on any atom is -0.476 e. The number of benzene rings is 1. The van der Waals surface area contributed by atoms with Crippen LogP contribution in [-0.2, 0) is 11.2 Å². The molecule has 1 aromatic carbocycles. The minimum absolute atomic E-state index is 0.0454. The Labute approximate surface area is 109 Å². The Morgan fingerprint density at radius 1 is 1.11 bits per heavy atom. The molecule has 0 saturated heterocycles. The summed E-state index contributed by atoms with van der Waals surface area (Å²) in [6.07, 6.45) is 2.73. The molecule has 2 N–H and O–H groups in total. The molecule has 2 aromatic rings. The van der Waals surface area contributed by atoms with Crippen LogP contribution in [0.15, 0.2) is 42.7 Å². The molecule has 0 aliphatic carbocycles. The van der Waals surface area contributed by atoms with Crippen LogP contribution < -0.4 is 5.32 Å². The van der Waals surface area contributed by atoms with Gasteiger partial charge in [-0.15, -0.1) is 0 Å². The quantitative estimate of drug-likeness (QED) is 0.862. The molecular weight excluding hydrogens is 246 g/mol. The summed E-state index contributed by atoms with van der Waals surface area (Å²) in [6, 6.07) is 9.14. The highest BCUT2D eigenvalue weighted by Crippen LogP contribution is 2.09. The van der Waals surface area contributed by atoms with Gasteiger partial charge in [0.2, 0.25) is 5.91 Å². The van der Waals surface area contributed by atoms with Crippen LogP contribution in [0.25, 0.3) is 0 Å². The molecule has 6 nitrogen and oxygen atoms in total. The van der Waals surface area contributed by atoms with E-state index in [0.29, 0.717) is 0 Å². The molecule has 1 aromatic heterocycles. The Kier molecular flexibility index (Phi) is 3.82. The van der Waals surface area contributed by atoms with Crippen molar-refractivity contribution in [2.45, 2.75) is 6.42 Å². The van der Waals surface area contributed by atoms with E-state index in [9.17, 15) is 9.59 Å². The van der Waals surface area contributed by atoms with Gasteiger partial charge in [-0.25, -0.2) is 14.8 Å². The third kappa shape index (κ3) is 3.35. The molecule has 1 amide bonds. The van der Waals surface area contributed by atoms with Crippen LogP contribution in [0, 0.1) is 0 Å². The second kappa shape index (κ2) is 5.72. The summed E-state index contributed by atoms with van der Waals surface area (Å²) < 4.78 is 0. The highest BCUT2D eigenvalue weighted by atomic mass is 16.4. The molecular formula is C13H11N3O3. The minimum atomic E-state index is -1.23. The van der Waals surface area contributed by atoms with Gasteiger partial charge in [-0.1, -0.05) is 30.3 Å². The Morgan fingerprint density at radius 3 is 2.47 bits per heavy atom. The zero-order chi connectivity index (χ0) is 13.7. The van der Waals surface area contributed by atoms with Crippen molar-refractivity contribution in [1.82, 2.24) is 9.97 Å². The van der Waals surface area contributed by atoms with E-state index in [1.807, 2.05) is 30.3 Å². The molecule has 0 aliphatic rings. The van der Waals surface area contributed by atoms with E-state index in [-0.39, 0.29) is 23.8 Å². The number of carboxylic acids is 1. The maximum atomic E-state index is 11.8. The number of aromatic carboxylic acids is 1. The zero-order valence-electron chi connectivity index (χ0n) is 9.91. The largest absolute Gasteiger partial charge is 0.476 e. The Morgan fingerprint density at radius 2 is 1.79 bits per heavy atom. The lowest BCUT2D eigenvalue weighted by Crippen LogP contribution is -2.18. The molecule has 0 unspecified atom stereocenters. The van der Waals surface area contributed by atoms with Crippen LogP contribution >= 0.6 is 0 Å². The molecule has 6 heteroatoms. The van der Waals surface area contributed by atoms with Crippen LogP contribution in [0.1, 0.15) is 16.1 Å². The maximum absolute atomic E-state index is 11.8. The second-order valence-corrected chi connectivity index (χ2v) is 3.77. The number of hydrogen-bond donors (Lipinski definition) is 2. The summed E-state index contributed by atoms with van der Waals surface area (Å²) in [5, 5.41) is 11.4. The Balaban J connectivity index is 2.09. The third-order valence-electron chi connectivity index (χ3n) is 2.37. The molecule has 19 heavy (non-hydrogen) atoms. The predicted molar refractivity (Wildman–Crippen MR) is 67.8 cm³/mol. The third-order valence-corrected chi connectivity index (χ3v) is 2.37. The SMILES string of the molecule is O=C(Cc1ccccc1)Nc1nccnc1C(=O)O. The molecule has 1 heterocycles. The molecule has 0 spiro atoms. The second-order valence-electron chi connectivity index (χ2n) is 3.77. The summed E-state index contributed by atoms with van der Waals surface area (Å²) >= 11 is 0. The fourth-order valence-electron chi connectivity index (χ4n) is 1.54. The molecule has 0 fully saturated rings. The summed E-state index contributed by atoms with van der Waals surface area (Å²) in [7, 11) is 0. The molecule has 0 radical (unpaired) electrons. The lowest BCUT2D eigenvalue weighted by atomic mass is 10.1. The summed E-state index contributed by atoms with van der Waals surface area (Å²) in [6.45, 7) is 0. The van der Waals surface area contributed by atoms with Crippen molar-refractivity contribution < 1.29 is 14.7 Å². The first-order chi connectivity index (χ1) is 9.16. The van der Waals surface area contributed by atoms with Crippen molar-refractivity contribution >= 4 is 17.7 Å². The van der Waals surface area contributed by atoms with Crippen LogP contribution in [-0.4, -0.2) is 27.0 Å². The number of amides is 1. The first-order valence-corrected chi connectivity index (χ1v) is 5.55. The smallest absolute Gasteiger partial charge is 0.358 e. The Hall–Kier alpha value is -2.76. The van der Waals surface area contributed by atoms with Crippen molar-refractivity contribution in [2.75, 3.05) is 5.32 Å². The Bertz CT molecular complexity index is 599. The number of carbonyl (C=O) groups is 2. The van der Waals surface area contributed by atoms with Crippen molar-refractivity contribution in [3.05, 3.63) is 54.0 Å². The fourth-order valence-corrected chi connectivity index (χ4v) is 1.54. The normalized spacial score (nSPS) is 9.89. The molecule has 96 valence electrons. The predicted octanol–water partition coefficient (Wildman–Crippen LogP) is 1.36. The van der Waals surface area contributed by atoms with E-state index in [1.165, 1.54) is 12.4 Å². The monoisotopic (exact) mass is 257 g/mol. The highest BCUT2D eigenvalue weighted by molar-refractivity contribution is 5.98. The van der Waals surface area contributed by atoms with Crippen LogP contribution in [0.5, 0.6) is 0 Å². The summed E-state index contributed by atoms with van der Waals surface area (Å²) in [5.74, 6) is -1.62. The first-order valence-electron chi connectivity index (χ1n) is 5.55. The zero-order valence-corrected chi connectivity index (χ0v) is 9.91. The van der Waals surface area contributed by atoms with Crippen LogP contribution in [0.2, 0.25) is 0 Å². The fraction of sp³-hybridized carbons (Fsp3) is 0.0769. The number of rotatable bonds is 4. The van der Waals surface area contributed by atoms with E-state index in [0.717, 1.165) is 5.56 Å². The van der Waals surface area contributed by atoms with Crippen LogP contribution in [0.4, 0.5) is 5.82 Å². The van der Waals surface area contributed by atoms with Gasteiger partial charge in [-0.05, 0) is 5.56 Å². The number of aromatic nitrogens is 2. The van der Waals surface area contributed by atoms with E-state index < -0.39 is 5.97 Å². The lowest BCUT2D eigenvalue weighted by molar-refractivity contribution is -0.115. The summed E-state index contributed by atoms with van der Waals surface area (Å²) in [4.78, 5) is 30.2. The summed E-state index contributed by atoms with van der Waals surface area (Å²) in [5.41, 5.74) is 0.560. The lowest BCUT2D eigenvalue weighted by Gasteiger charge is -2.06. The molecule has 0 saturated carbocycles. The van der Waals surface area contributed by atoms with Gasteiger partial charge in [0.05, 0.1) is 6.42 Å².